The van der Waals surface area contributed by atoms with E-state index in [2.05, 4.69) is 22.0 Å². The fraction of sp³-hybridized carbons (Fsp3) is 0.238. The molecule has 0 bridgehead atoms. The summed E-state index contributed by atoms with van der Waals surface area (Å²) in [7, 11) is 0. The second kappa shape index (κ2) is 8.29. The molecule has 2 aromatic carbocycles. The molecular weight excluding hydrogens is 392 g/mol. The number of amides is 1. The van der Waals surface area contributed by atoms with Crippen LogP contribution < -0.4 is 16.0 Å². The van der Waals surface area contributed by atoms with Gasteiger partial charge in [-0.25, -0.2) is 0 Å². The van der Waals surface area contributed by atoms with Crippen molar-refractivity contribution in [2.75, 3.05) is 5.75 Å². The number of amidine groups is 1. The fourth-order valence-corrected chi connectivity index (χ4v) is 4.63. The molecule has 4 N–H and O–H groups in total. The third kappa shape index (κ3) is 4.51. The standard InChI is InChI=1S/C21H21ClN4OS/c22-16-7-4-8-17(19(16)13-9-10-13)28-12-15-11-18(27)25-21(24-15)26-20(23)14-5-2-1-3-6-14/h1-8,11,13,21,24H,9-10,12H2,(H2,23,26)(H,25,27). The highest BCUT2D eigenvalue weighted by atomic mass is 35.5. The molecule has 28 heavy (non-hydrogen) atoms. The highest BCUT2D eigenvalue weighted by Crippen LogP contribution is 2.47. The van der Waals surface area contributed by atoms with Gasteiger partial charge in [-0.15, -0.1) is 11.8 Å². The van der Waals surface area contributed by atoms with Crippen LogP contribution >= 0.6 is 23.4 Å². The maximum absolute atomic E-state index is 12.1. The minimum atomic E-state index is -0.525. The van der Waals surface area contributed by atoms with Gasteiger partial charge in [-0.2, -0.15) is 0 Å². The van der Waals surface area contributed by atoms with Crippen LogP contribution in [0.2, 0.25) is 5.02 Å². The fourth-order valence-electron chi connectivity index (χ4n) is 3.16. The lowest BCUT2D eigenvalue weighted by molar-refractivity contribution is -0.118. The summed E-state index contributed by atoms with van der Waals surface area (Å²) in [5, 5.41) is 18.1. The van der Waals surface area contributed by atoms with Gasteiger partial charge in [0.1, 0.15) is 5.84 Å². The lowest BCUT2D eigenvalue weighted by Gasteiger charge is -2.28. The molecule has 7 heteroatoms. The van der Waals surface area contributed by atoms with Gasteiger partial charge in [-0.1, -0.05) is 48.0 Å². The molecule has 0 radical (unpaired) electrons. The first-order valence-corrected chi connectivity index (χ1v) is 10.6. The zero-order valence-corrected chi connectivity index (χ0v) is 16.7. The first-order chi connectivity index (χ1) is 13.6. The highest BCUT2D eigenvalue weighted by molar-refractivity contribution is 7.99. The predicted molar refractivity (Wildman–Crippen MR) is 114 cm³/mol. The summed E-state index contributed by atoms with van der Waals surface area (Å²) in [4.78, 5) is 13.3. The van der Waals surface area contributed by atoms with Gasteiger partial charge >= 0.3 is 0 Å². The lowest BCUT2D eigenvalue weighted by atomic mass is 10.1. The monoisotopic (exact) mass is 412 g/mol. The molecule has 5 nitrogen and oxygen atoms in total. The Morgan fingerprint density at radius 2 is 1.93 bits per heavy atom. The third-order valence-electron chi connectivity index (χ3n) is 4.65. The Hall–Kier alpha value is -2.44. The van der Waals surface area contributed by atoms with Gasteiger partial charge in [0.05, 0.1) is 0 Å². The van der Waals surface area contributed by atoms with Crippen LogP contribution in [0.25, 0.3) is 0 Å². The van der Waals surface area contributed by atoms with Crippen LogP contribution in [0.4, 0.5) is 0 Å². The third-order valence-corrected chi connectivity index (χ3v) is 6.11. The van der Waals surface area contributed by atoms with Crippen molar-refractivity contribution in [2.24, 2.45) is 0 Å². The molecule has 1 heterocycles. The van der Waals surface area contributed by atoms with Crippen LogP contribution in [0.1, 0.15) is 29.9 Å². The van der Waals surface area contributed by atoms with Crippen LogP contribution in [-0.4, -0.2) is 23.8 Å². The zero-order valence-electron chi connectivity index (χ0n) is 15.2. The molecule has 0 aromatic heterocycles. The summed E-state index contributed by atoms with van der Waals surface area (Å²) in [5.74, 6) is 1.26. The number of halogens is 1. The molecule has 4 rings (SSSR count). The van der Waals surface area contributed by atoms with Crippen LogP contribution in [0.3, 0.4) is 0 Å². The Morgan fingerprint density at radius 3 is 2.68 bits per heavy atom. The van der Waals surface area contributed by atoms with Gasteiger partial charge in [0.25, 0.3) is 0 Å². The Bertz CT molecular complexity index is 927. The molecule has 1 saturated carbocycles. The number of carbonyl (C=O) groups is 1. The molecule has 1 amide bonds. The smallest absolute Gasteiger partial charge is 0.248 e. The minimum absolute atomic E-state index is 0.179. The van der Waals surface area contributed by atoms with Gasteiger partial charge in [0.15, 0.2) is 6.29 Å². The topological polar surface area (TPSA) is 77.0 Å². The Morgan fingerprint density at radius 1 is 1.14 bits per heavy atom. The first kappa shape index (κ1) is 18.9. The number of hydrogen-bond acceptors (Lipinski definition) is 4. The van der Waals surface area contributed by atoms with Crippen molar-refractivity contribution in [3.8, 4) is 0 Å². The minimum Gasteiger partial charge on any atom is -0.351 e. The molecule has 1 atom stereocenters. The average molecular weight is 413 g/mol. The molecule has 1 aliphatic heterocycles. The second-order valence-electron chi connectivity index (χ2n) is 6.86. The average Bonchev–Trinajstić information content (AvgIpc) is 3.51. The summed E-state index contributed by atoms with van der Waals surface area (Å²) < 4.78 is 0. The van der Waals surface area contributed by atoms with E-state index in [1.54, 1.807) is 17.8 Å². The number of benzene rings is 2. The number of carbonyl (C=O) groups excluding carboxylic acids is 1. The van der Waals surface area contributed by atoms with Gasteiger partial charge in [0.2, 0.25) is 5.91 Å². The Balaban J connectivity index is 1.40. The largest absolute Gasteiger partial charge is 0.351 e. The van der Waals surface area contributed by atoms with Crippen molar-refractivity contribution in [1.82, 2.24) is 16.0 Å². The normalized spacial score (nSPS) is 18.7. The van der Waals surface area contributed by atoms with E-state index in [0.29, 0.717) is 11.7 Å². The van der Waals surface area contributed by atoms with Gasteiger partial charge in [-0.3, -0.25) is 10.2 Å². The molecule has 2 aliphatic rings. The molecule has 0 spiro atoms. The SMILES string of the molecule is N=C(NC1NC(=O)C=C(CSc2cccc(Cl)c2C2CC2)N1)c1ccccc1. The number of nitrogens with one attached hydrogen (secondary N) is 4. The van der Waals surface area contributed by atoms with Gasteiger partial charge in [0, 0.05) is 33.0 Å². The van der Waals surface area contributed by atoms with Crippen molar-refractivity contribution in [3.63, 3.8) is 0 Å². The highest BCUT2D eigenvalue weighted by Gasteiger charge is 2.28. The van der Waals surface area contributed by atoms with Crippen LogP contribution in [-0.2, 0) is 4.79 Å². The number of rotatable bonds is 6. The van der Waals surface area contributed by atoms with E-state index in [1.165, 1.54) is 23.3 Å². The van der Waals surface area contributed by atoms with Crippen molar-refractivity contribution >= 4 is 35.1 Å². The summed E-state index contributed by atoms with van der Waals surface area (Å²) in [5.41, 5.74) is 2.81. The van der Waals surface area contributed by atoms with E-state index in [-0.39, 0.29) is 11.7 Å². The van der Waals surface area contributed by atoms with E-state index in [9.17, 15) is 4.79 Å². The zero-order chi connectivity index (χ0) is 19.5. The van der Waals surface area contributed by atoms with Gasteiger partial charge < -0.3 is 16.0 Å². The van der Waals surface area contributed by atoms with Crippen LogP contribution in [0, 0.1) is 5.41 Å². The Labute approximate surface area is 173 Å². The van der Waals surface area contributed by atoms with E-state index in [1.807, 2.05) is 42.5 Å². The maximum Gasteiger partial charge on any atom is 0.248 e. The summed E-state index contributed by atoms with van der Waals surface area (Å²) in [6, 6.07) is 15.4. The molecule has 1 fully saturated rings. The van der Waals surface area contributed by atoms with Crippen molar-refractivity contribution in [3.05, 3.63) is 76.5 Å². The molecule has 0 saturated heterocycles. The second-order valence-corrected chi connectivity index (χ2v) is 8.28. The molecule has 1 unspecified atom stereocenters. The van der Waals surface area contributed by atoms with Crippen LogP contribution in [0.15, 0.2) is 65.2 Å². The number of hydrogen-bond donors (Lipinski definition) is 4. The maximum atomic E-state index is 12.1. The molecular formula is C21H21ClN4OS. The molecule has 2 aromatic rings. The van der Waals surface area contributed by atoms with Crippen molar-refractivity contribution in [2.45, 2.75) is 29.9 Å². The predicted octanol–water partition coefficient (Wildman–Crippen LogP) is 3.81. The first-order valence-electron chi connectivity index (χ1n) is 9.19. The van der Waals surface area contributed by atoms with E-state index < -0.39 is 6.29 Å². The van der Waals surface area contributed by atoms with Gasteiger partial charge in [-0.05, 0) is 36.5 Å². The van der Waals surface area contributed by atoms with E-state index >= 15 is 0 Å². The van der Waals surface area contributed by atoms with E-state index in [4.69, 9.17) is 17.0 Å². The lowest BCUT2D eigenvalue weighted by Crippen LogP contribution is -2.58. The van der Waals surface area contributed by atoms with Crippen molar-refractivity contribution < 1.29 is 4.79 Å². The summed E-state index contributed by atoms with van der Waals surface area (Å²) >= 11 is 8.09. The molecule has 1 aliphatic carbocycles. The molecule has 144 valence electrons. The van der Waals surface area contributed by atoms with Crippen molar-refractivity contribution in [1.29, 1.82) is 5.41 Å². The summed E-state index contributed by atoms with van der Waals surface area (Å²) in [6.07, 6.45) is 3.42. The Kier molecular flexibility index (Phi) is 5.59. The van der Waals surface area contributed by atoms with E-state index in [0.717, 1.165) is 16.3 Å². The number of thioether (sulfide) groups is 1. The summed E-state index contributed by atoms with van der Waals surface area (Å²) in [6.45, 7) is 0. The quantitative estimate of drug-likeness (QED) is 0.330. The van der Waals surface area contributed by atoms with Crippen LogP contribution in [0.5, 0.6) is 0 Å².